The van der Waals surface area contributed by atoms with Crippen molar-refractivity contribution in [3.05, 3.63) is 63.6 Å². The zero-order chi connectivity index (χ0) is 18.2. The highest BCUT2D eigenvalue weighted by Gasteiger charge is 2.72. The van der Waals surface area contributed by atoms with Crippen LogP contribution in [0, 0.1) is 16.7 Å². The molecule has 0 aromatic heterocycles. The molecule has 0 bridgehead atoms. The zero-order valence-electron chi connectivity index (χ0n) is 13.3. The van der Waals surface area contributed by atoms with Crippen molar-refractivity contribution in [2.45, 2.75) is 16.1 Å². The Morgan fingerprint density at radius 1 is 1.20 bits per heavy atom. The smallest absolute Gasteiger partial charge is 0.183 e. The van der Waals surface area contributed by atoms with Crippen molar-refractivity contribution in [1.29, 1.82) is 5.26 Å². The Morgan fingerprint density at radius 2 is 1.80 bits per heavy atom. The second-order valence-corrected chi connectivity index (χ2v) is 9.46. The van der Waals surface area contributed by atoms with Gasteiger partial charge in [-0.2, -0.15) is 5.26 Å². The fourth-order valence-electron chi connectivity index (χ4n) is 3.35. The van der Waals surface area contributed by atoms with Crippen LogP contribution in [0.5, 0.6) is 0 Å². The molecule has 1 aliphatic carbocycles. The molecular weight excluding hydrogens is 426 g/mol. The fraction of sp³-hybridized carbons (Fsp3) is 0.278. The lowest BCUT2D eigenvalue weighted by Gasteiger charge is -2.08. The summed E-state index contributed by atoms with van der Waals surface area (Å²) < 4.78 is 32.4. The van der Waals surface area contributed by atoms with Gasteiger partial charge in [-0.3, -0.25) is 0 Å². The predicted molar refractivity (Wildman–Crippen MR) is 99.2 cm³/mol. The van der Waals surface area contributed by atoms with E-state index in [1.165, 1.54) is 31.4 Å². The second kappa shape index (κ2) is 6.73. The standard InChI is InChI=1S/C18H15BrClNO3S/c1-24-11-18(10-21)16(12-2-4-13(19)5-3-12)17(18)25(22,23)15-8-6-14(20)7-9-15/h2-9,16-17H,11H2,1H3/t16-,17+,18+/m1/s1. The molecule has 1 aliphatic rings. The topological polar surface area (TPSA) is 67.2 Å². The number of rotatable bonds is 5. The van der Waals surface area contributed by atoms with Crippen molar-refractivity contribution >= 4 is 37.4 Å². The summed E-state index contributed by atoms with van der Waals surface area (Å²) in [5.74, 6) is -0.439. The molecule has 0 saturated heterocycles. The number of methoxy groups -OCH3 is 1. The molecule has 0 heterocycles. The molecule has 3 rings (SSSR count). The summed E-state index contributed by atoms with van der Waals surface area (Å²) in [6.45, 7) is 0.0573. The molecule has 2 aromatic carbocycles. The van der Waals surface area contributed by atoms with Crippen LogP contribution in [0.3, 0.4) is 0 Å². The molecule has 0 aliphatic heterocycles. The van der Waals surface area contributed by atoms with Gasteiger partial charge >= 0.3 is 0 Å². The van der Waals surface area contributed by atoms with Gasteiger partial charge in [-0.05, 0) is 42.0 Å². The van der Waals surface area contributed by atoms with E-state index < -0.39 is 26.4 Å². The average molecular weight is 441 g/mol. The molecular formula is C18H15BrClNO3S. The number of benzene rings is 2. The molecule has 130 valence electrons. The van der Waals surface area contributed by atoms with Crippen molar-refractivity contribution in [2.24, 2.45) is 5.41 Å². The van der Waals surface area contributed by atoms with Gasteiger partial charge in [0, 0.05) is 22.5 Å². The van der Waals surface area contributed by atoms with E-state index in [-0.39, 0.29) is 11.5 Å². The summed E-state index contributed by atoms with van der Waals surface area (Å²) in [6, 6.07) is 15.6. The van der Waals surface area contributed by atoms with Gasteiger partial charge in [0.15, 0.2) is 9.84 Å². The first kappa shape index (κ1) is 18.4. The fourth-order valence-corrected chi connectivity index (χ4v) is 6.05. The molecule has 2 aromatic rings. The van der Waals surface area contributed by atoms with Crippen LogP contribution in [0.25, 0.3) is 0 Å². The lowest BCUT2D eigenvalue weighted by molar-refractivity contribution is 0.162. The largest absolute Gasteiger partial charge is 0.383 e. The lowest BCUT2D eigenvalue weighted by Crippen LogP contribution is -2.19. The molecule has 1 fully saturated rings. The maximum atomic E-state index is 13.1. The number of hydrogen-bond donors (Lipinski definition) is 0. The predicted octanol–water partition coefficient (Wildman–Crippen LogP) is 4.20. The highest BCUT2D eigenvalue weighted by atomic mass is 79.9. The first-order chi connectivity index (χ1) is 11.9. The van der Waals surface area contributed by atoms with Crippen molar-refractivity contribution < 1.29 is 13.2 Å². The third kappa shape index (κ3) is 3.11. The van der Waals surface area contributed by atoms with Gasteiger partial charge in [0.2, 0.25) is 0 Å². The highest BCUT2D eigenvalue weighted by molar-refractivity contribution is 9.10. The van der Waals surface area contributed by atoms with E-state index >= 15 is 0 Å². The highest BCUT2D eigenvalue weighted by Crippen LogP contribution is 2.63. The minimum Gasteiger partial charge on any atom is -0.383 e. The molecule has 0 radical (unpaired) electrons. The van der Waals surface area contributed by atoms with E-state index in [0.29, 0.717) is 5.02 Å². The maximum Gasteiger partial charge on any atom is 0.183 e. The lowest BCUT2D eigenvalue weighted by atomic mass is 10.0. The van der Waals surface area contributed by atoms with Crippen molar-refractivity contribution in [3.8, 4) is 6.07 Å². The van der Waals surface area contributed by atoms with Gasteiger partial charge in [0.25, 0.3) is 0 Å². The van der Waals surface area contributed by atoms with Crippen LogP contribution < -0.4 is 0 Å². The van der Waals surface area contributed by atoms with Gasteiger partial charge in [-0.15, -0.1) is 0 Å². The van der Waals surface area contributed by atoms with Crippen molar-refractivity contribution in [3.63, 3.8) is 0 Å². The van der Waals surface area contributed by atoms with Gasteiger partial charge in [0.1, 0.15) is 5.41 Å². The van der Waals surface area contributed by atoms with Crippen LogP contribution >= 0.6 is 27.5 Å². The average Bonchev–Trinajstić information content (AvgIpc) is 3.26. The zero-order valence-corrected chi connectivity index (χ0v) is 16.5. The van der Waals surface area contributed by atoms with Crippen LogP contribution in [0.2, 0.25) is 5.02 Å². The quantitative estimate of drug-likeness (QED) is 0.699. The number of hydrogen-bond acceptors (Lipinski definition) is 4. The van der Waals surface area contributed by atoms with Gasteiger partial charge in [-0.25, -0.2) is 8.42 Å². The van der Waals surface area contributed by atoms with Crippen LogP contribution in [-0.4, -0.2) is 27.4 Å². The van der Waals surface area contributed by atoms with Gasteiger partial charge in [-0.1, -0.05) is 39.7 Å². The molecule has 3 atom stereocenters. The van der Waals surface area contributed by atoms with E-state index in [4.69, 9.17) is 16.3 Å². The Morgan fingerprint density at radius 3 is 2.32 bits per heavy atom. The Kier molecular flexibility index (Phi) is 4.95. The van der Waals surface area contributed by atoms with Crippen molar-refractivity contribution in [1.82, 2.24) is 0 Å². The second-order valence-electron chi connectivity index (χ2n) is 6.03. The Hall–Kier alpha value is -1.39. The van der Waals surface area contributed by atoms with Gasteiger partial charge in [0.05, 0.1) is 22.8 Å². The minimum atomic E-state index is -3.70. The molecule has 0 amide bonds. The summed E-state index contributed by atoms with van der Waals surface area (Å²) in [5, 5.41) is 9.38. The summed E-state index contributed by atoms with van der Waals surface area (Å²) >= 11 is 9.23. The first-order valence-electron chi connectivity index (χ1n) is 7.52. The van der Waals surface area contributed by atoms with Gasteiger partial charge < -0.3 is 4.74 Å². The van der Waals surface area contributed by atoms with Crippen LogP contribution in [0.1, 0.15) is 11.5 Å². The van der Waals surface area contributed by atoms with Crippen molar-refractivity contribution in [2.75, 3.05) is 13.7 Å². The Labute approximate surface area is 160 Å². The van der Waals surface area contributed by atoms with E-state index in [0.717, 1.165) is 10.0 Å². The van der Waals surface area contributed by atoms with E-state index in [1.807, 2.05) is 24.3 Å². The van der Waals surface area contributed by atoms with Crippen LogP contribution in [0.15, 0.2) is 57.9 Å². The third-order valence-corrected chi connectivity index (χ3v) is 7.62. The third-order valence-electron chi connectivity index (χ3n) is 4.55. The Bertz CT molecular complexity index is 922. The Balaban J connectivity index is 2.07. The van der Waals surface area contributed by atoms with E-state index in [9.17, 15) is 13.7 Å². The first-order valence-corrected chi connectivity index (χ1v) is 10.2. The molecule has 0 spiro atoms. The molecule has 25 heavy (non-hydrogen) atoms. The normalized spacial score (nSPS) is 25.4. The SMILES string of the molecule is COC[C@@]1(C#N)[C@H](c2ccc(Br)cc2)[C@@H]1S(=O)(=O)c1ccc(Cl)cc1. The monoisotopic (exact) mass is 439 g/mol. The number of sulfone groups is 1. The number of nitriles is 1. The number of ether oxygens (including phenoxy) is 1. The number of halogens is 2. The maximum absolute atomic E-state index is 13.1. The minimum absolute atomic E-state index is 0.0573. The molecule has 0 N–H and O–H groups in total. The molecule has 1 saturated carbocycles. The molecule has 4 nitrogen and oxygen atoms in total. The van der Waals surface area contributed by atoms with Crippen LogP contribution in [0.4, 0.5) is 0 Å². The number of nitrogens with zero attached hydrogens (tertiary/aromatic N) is 1. The molecule has 7 heteroatoms. The van der Waals surface area contributed by atoms with E-state index in [2.05, 4.69) is 22.0 Å². The summed E-state index contributed by atoms with van der Waals surface area (Å²) in [5.41, 5.74) is -0.287. The summed E-state index contributed by atoms with van der Waals surface area (Å²) in [7, 11) is -2.23. The van der Waals surface area contributed by atoms with E-state index in [1.54, 1.807) is 0 Å². The van der Waals surface area contributed by atoms with Crippen LogP contribution in [-0.2, 0) is 14.6 Å². The summed E-state index contributed by atoms with van der Waals surface area (Å²) in [6.07, 6.45) is 0. The molecule has 0 unspecified atom stereocenters. The summed E-state index contributed by atoms with van der Waals surface area (Å²) in [4.78, 5) is 0.164.